The fraction of sp³-hybridized carbons (Fsp3) is 0.200. The molecule has 1 aromatic heterocycles. The summed E-state index contributed by atoms with van der Waals surface area (Å²) >= 11 is 0. The van der Waals surface area contributed by atoms with E-state index in [1.807, 2.05) is 62.4 Å². The van der Waals surface area contributed by atoms with E-state index in [1.54, 1.807) is 12.1 Å². The summed E-state index contributed by atoms with van der Waals surface area (Å²) in [4.78, 5) is 0. The molecular formula is C25H24FNO2. The van der Waals surface area contributed by atoms with Crippen LogP contribution in [0.15, 0.2) is 78.9 Å². The first kappa shape index (κ1) is 19.2. The van der Waals surface area contributed by atoms with E-state index < -0.39 is 5.41 Å². The first-order valence-electron chi connectivity index (χ1n) is 9.68. The Bertz CT molecular complexity index is 1110. The molecule has 29 heavy (non-hydrogen) atoms. The van der Waals surface area contributed by atoms with Crippen molar-refractivity contribution in [2.45, 2.75) is 25.9 Å². The molecule has 0 bridgehead atoms. The van der Waals surface area contributed by atoms with Gasteiger partial charge in [-0.2, -0.15) is 0 Å². The van der Waals surface area contributed by atoms with Crippen LogP contribution in [0.1, 0.15) is 25.1 Å². The molecule has 4 heteroatoms. The number of hydrogen-bond donors (Lipinski definition) is 1. The van der Waals surface area contributed by atoms with Crippen LogP contribution in [0.25, 0.3) is 16.6 Å². The zero-order valence-electron chi connectivity index (χ0n) is 16.6. The number of aliphatic hydroxyl groups excluding tert-OH is 1. The molecule has 1 heterocycles. The number of aliphatic hydroxyl groups is 1. The zero-order valence-corrected chi connectivity index (χ0v) is 16.6. The molecular weight excluding hydrogens is 365 g/mol. The smallest absolute Gasteiger partial charge is 0.129 e. The first-order chi connectivity index (χ1) is 14.0. The number of aromatic nitrogens is 1. The van der Waals surface area contributed by atoms with Gasteiger partial charge in [-0.25, -0.2) is 4.39 Å². The second-order valence-corrected chi connectivity index (χ2v) is 7.85. The lowest BCUT2D eigenvalue weighted by Crippen LogP contribution is -2.25. The van der Waals surface area contributed by atoms with Gasteiger partial charge in [-0.15, -0.1) is 0 Å². The number of ether oxygens (including phenoxy) is 1. The molecule has 0 aliphatic rings. The number of fused-ring (bicyclic) bond motifs is 1. The number of nitrogens with zero attached hydrogens (tertiary/aromatic N) is 1. The SMILES string of the molecule is CC(C)(CO)c1cc2c(OCc3ccccc3)cccc2n1-c1ccc(F)cc1. The molecule has 0 radical (unpaired) electrons. The molecule has 0 spiro atoms. The van der Waals surface area contributed by atoms with Crippen LogP contribution in [0.5, 0.6) is 5.75 Å². The van der Waals surface area contributed by atoms with Gasteiger partial charge < -0.3 is 14.4 Å². The molecule has 0 amide bonds. The van der Waals surface area contributed by atoms with E-state index in [4.69, 9.17) is 4.74 Å². The third-order valence-corrected chi connectivity index (χ3v) is 5.22. The van der Waals surface area contributed by atoms with Gasteiger partial charge in [0.1, 0.15) is 18.2 Å². The average molecular weight is 389 g/mol. The molecule has 3 nitrogen and oxygen atoms in total. The molecule has 0 unspecified atom stereocenters. The van der Waals surface area contributed by atoms with Crippen molar-refractivity contribution >= 4 is 10.9 Å². The summed E-state index contributed by atoms with van der Waals surface area (Å²) in [5, 5.41) is 11.0. The van der Waals surface area contributed by atoms with Gasteiger partial charge in [-0.1, -0.05) is 50.2 Å². The van der Waals surface area contributed by atoms with Crippen LogP contribution in [-0.4, -0.2) is 16.3 Å². The van der Waals surface area contributed by atoms with E-state index in [0.29, 0.717) is 6.61 Å². The van der Waals surface area contributed by atoms with Gasteiger partial charge in [0.2, 0.25) is 0 Å². The van der Waals surface area contributed by atoms with Crippen LogP contribution < -0.4 is 4.74 Å². The van der Waals surface area contributed by atoms with E-state index in [-0.39, 0.29) is 12.4 Å². The normalized spacial score (nSPS) is 11.7. The Morgan fingerprint density at radius 2 is 1.66 bits per heavy atom. The maximum Gasteiger partial charge on any atom is 0.129 e. The summed E-state index contributed by atoms with van der Waals surface area (Å²) in [6, 6.07) is 24.4. The highest BCUT2D eigenvalue weighted by molar-refractivity contribution is 5.89. The molecule has 0 saturated carbocycles. The Balaban J connectivity index is 1.84. The van der Waals surface area contributed by atoms with Gasteiger partial charge in [0, 0.05) is 22.2 Å². The fourth-order valence-corrected chi connectivity index (χ4v) is 3.51. The second kappa shape index (κ2) is 7.72. The predicted octanol–water partition coefficient (Wildman–Crippen LogP) is 5.62. The Labute approximate surface area is 170 Å². The molecule has 4 rings (SSSR count). The van der Waals surface area contributed by atoms with E-state index in [2.05, 4.69) is 10.6 Å². The molecule has 0 aliphatic heterocycles. The number of rotatable bonds is 6. The molecule has 0 atom stereocenters. The zero-order chi connectivity index (χ0) is 20.4. The van der Waals surface area contributed by atoms with E-state index in [0.717, 1.165) is 33.6 Å². The second-order valence-electron chi connectivity index (χ2n) is 7.85. The lowest BCUT2D eigenvalue weighted by atomic mass is 9.90. The van der Waals surface area contributed by atoms with Crippen LogP contribution in [0, 0.1) is 5.82 Å². The molecule has 0 aliphatic carbocycles. The van der Waals surface area contributed by atoms with Crippen molar-refractivity contribution < 1.29 is 14.2 Å². The van der Waals surface area contributed by atoms with Crippen molar-refractivity contribution in [2.24, 2.45) is 0 Å². The van der Waals surface area contributed by atoms with Crippen molar-refractivity contribution in [1.82, 2.24) is 4.57 Å². The Kier molecular flexibility index (Phi) is 5.12. The van der Waals surface area contributed by atoms with Crippen LogP contribution in [0.2, 0.25) is 0 Å². The minimum absolute atomic E-state index is 0.00920. The Morgan fingerprint density at radius 3 is 2.34 bits per heavy atom. The Hall–Kier alpha value is -3.11. The van der Waals surface area contributed by atoms with Crippen molar-refractivity contribution in [3.05, 3.63) is 95.9 Å². The molecule has 4 aromatic rings. The minimum Gasteiger partial charge on any atom is -0.488 e. The van der Waals surface area contributed by atoms with Gasteiger partial charge in [0.05, 0.1) is 12.1 Å². The van der Waals surface area contributed by atoms with Crippen LogP contribution >= 0.6 is 0 Å². The first-order valence-corrected chi connectivity index (χ1v) is 9.68. The standard InChI is InChI=1S/C25H24FNO2/c1-25(2,17-28)24-15-21-22(27(24)20-13-11-19(26)12-14-20)9-6-10-23(21)29-16-18-7-4-3-5-8-18/h3-15,28H,16-17H2,1-2H3. The van der Waals surface area contributed by atoms with Crippen molar-refractivity contribution in [3.8, 4) is 11.4 Å². The van der Waals surface area contributed by atoms with Crippen LogP contribution in [0.3, 0.4) is 0 Å². The van der Waals surface area contributed by atoms with E-state index in [1.165, 1.54) is 12.1 Å². The topological polar surface area (TPSA) is 34.4 Å². The molecule has 0 fully saturated rings. The van der Waals surface area contributed by atoms with Gasteiger partial charge >= 0.3 is 0 Å². The van der Waals surface area contributed by atoms with Crippen molar-refractivity contribution in [3.63, 3.8) is 0 Å². The molecule has 0 saturated heterocycles. The summed E-state index contributed by atoms with van der Waals surface area (Å²) in [7, 11) is 0. The summed E-state index contributed by atoms with van der Waals surface area (Å²) < 4.78 is 21.7. The largest absolute Gasteiger partial charge is 0.488 e. The van der Waals surface area contributed by atoms with Gasteiger partial charge in [0.25, 0.3) is 0 Å². The molecule has 148 valence electrons. The van der Waals surface area contributed by atoms with Crippen LogP contribution in [0.4, 0.5) is 4.39 Å². The average Bonchev–Trinajstić information content (AvgIpc) is 3.15. The monoisotopic (exact) mass is 389 g/mol. The molecule has 3 aromatic carbocycles. The predicted molar refractivity (Wildman–Crippen MR) is 114 cm³/mol. The van der Waals surface area contributed by atoms with E-state index in [9.17, 15) is 9.50 Å². The highest BCUT2D eigenvalue weighted by Crippen LogP contribution is 2.36. The maximum absolute atomic E-state index is 13.5. The lowest BCUT2D eigenvalue weighted by Gasteiger charge is -2.24. The highest BCUT2D eigenvalue weighted by Gasteiger charge is 2.27. The summed E-state index contributed by atoms with van der Waals surface area (Å²) in [5.74, 6) is 0.502. The maximum atomic E-state index is 13.5. The Morgan fingerprint density at radius 1 is 0.931 bits per heavy atom. The third kappa shape index (κ3) is 3.76. The van der Waals surface area contributed by atoms with Crippen molar-refractivity contribution in [2.75, 3.05) is 6.61 Å². The third-order valence-electron chi connectivity index (χ3n) is 5.22. The number of halogens is 1. The molecule has 1 N–H and O–H groups in total. The summed E-state index contributed by atoms with van der Waals surface area (Å²) in [6.07, 6.45) is 0. The summed E-state index contributed by atoms with van der Waals surface area (Å²) in [6.45, 7) is 4.45. The number of hydrogen-bond acceptors (Lipinski definition) is 2. The lowest BCUT2D eigenvalue weighted by molar-refractivity contribution is 0.214. The quantitative estimate of drug-likeness (QED) is 0.464. The minimum atomic E-state index is -0.482. The van der Waals surface area contributed by atoms with Crippen LogP contribution in [-0.2, 0) is 12.0 Å². The van der Waals surface area contributed by atoms with Crippen molar-refractivity contribution in [1.29, 1.82) is 0 Å². The highest BCUT2D eigenvalue weighted by atomic mass is 19.1. The van der Waals surface area contributed by atoms with Gasteiger partial charge in [0.15, 0.2) is 0 Å². The number of benzene rings is 3. The van der Waals surface area contributed by atoms with Gasteiger partial charge in [-0.05, 0) is 48.0 Å². The van der Waals surface area contributed by atoms with Gasteiger partial charge in [-0.3, -0.25) is 0 Å². The van der Waals surface area contributed by atoms with E-state index >= 15 is 0 Å². The fourth-order valence-electron chi connectivity index (χ4n) is 3.51. The summed E-state index contributed by atoms with van der Waals surface area (Å²) in [5.41, 5.74) is 3.36.